The van der Waals surface area contributed by atoms with Crippen molar-refractivity contribution in [2.75, 3.05) is 6.54 Å². The van der Waals surface area contributed by atoms with E-state index in [4.69, 9.17) is 10.7 Å². The van der Waals surface area contributed by atoms with E-state index >= 15 is 0 Å². The van der Waals surface area contributed by atoms with Crippen molar-refractivity contribution in [3.05, 3.63) is 70.5 Å². The molecule has 3 N–H and O–H groups in total. The molecule has 1 unspecified atom stereocenters. The molecule has 4 aromatic rings. The Morgan fingerprint density at radius 2 is 2.00 bits per heavy atom. The number of carbonyl (C=O) groups excluding carboxylic acids is 2. The van der Waals surface area contributed by atoms with Gasteiger partial charge in [0.2, 0.25) is 5.91 Å². The topological polar surface area (TPSA) is 103 Å². The van der Waals surface area contributed by atoms with Crippen LogP contribution in [0.15, 0.2) is 47.8 Å². The van der Waals surface area contributed by atoms with Crippen LogP contribution in [0, 0.1) is 18.7 Å². The Labute approximate surface area is 188 Å². The highest BCUT2D eigenvalue weighted by Crippen LogP contribution is 2.29. The number of rotatable bonds is 7. The molecule has 0 saturated carbocycles. The Balaban J connectivity index is 1.61. The minimum Gasteiger partial charge on any atom is -0.369 e. The molecule has 1 atom stereocenters. The molecule has 0 bridgehead atoms. The first-order valence-electron chi connectivity index (χ1n) is 10.0. The van der Waals surface area contributed by atoms with Crippen LogP contribution >= 0.6 is 11.3 Å². The lowest BCUT2D eigenvalue weighted by molar-refractivity contribution is -0.121. The second kappa shape index (κ2) is 8.88. The zero-order chi connectivity index (χ0) is 22.8. The summed E-state index contributed by atoms with van der Waals surface area (Å²) < 4.78 is 14.8. The Bertz CT molecular complexity index is 1280. The lowest BCUT2D eigenvalue weighted by atomic mass is 9.98. The predicted molar refractivity (Wildman–Crippen MR) is 122 cm³/mol. The number of aromatic nitrogens is 3. The van der Waals surface area contributed by atoms with Crippen LogP contribution in [0.4, 0.5) is 4.39 Å². The van der Waals surface area contributed by atoms with Gasteiger partial charge in [0.25, 0.3) is 5.91 Å². The lowest BCUT2D eigenvalue weighted by Gasteiger charge is -2.15. The Morgan fingerprint density at radius 3 is 2.66 bits per heavy atom. The van der Waals surface area contributed by atoms with E-state index in [2.05, 4.69) is 10.4 Å². The van der Waals surface area contributed by atoms with Crippen LogP contribution in [-0.4, -0.2) is 33.1 Å². The third kappa shape index (κ3) is 4.38. The Kier molecular flexibility index (Phi) is 6.00. The first-order chi connectivity index (χ1) is 15.3. The normalized spacial score (nSPS) is 12.1. The fourth-order valence-corrected chi connectivity index (χ4v) is 4.35. The van der Waals surface area contributed by atoms with Crippen molar-refractivity contribution in [1.29, 1.82) is 0 Å². The smallest absolute Gasteiger partial charge is 0.252 e. The highest BCUT2D eigenvalue weighted by Gasteiger charge is 2.22. The molecule has 32 heavy (non-hydrogen) atoms. The summed E-state index contributed by atoms with van der Waals surface area (Å²) >= 11 is 1.53. The van der Waals surface area contributed by atoms with Crippen LogP contribution in [-0.2, 0) is 18.3 Å². The lowest BCUT2D eigenvalue weighted by Crippen LogP contribution is -2.37. The number of carbonyl (C=O) groups is 2. The molecule has 0 radical (unpaired) electrons. The van der Waals surface area contributed by atoms with E-state index in [-0.39, 0.29) is 18.3 Å². The maximum atomic E-state index is 13.2. The number of primary amides is 1. The van der Waals surface area contributed by atoms with Gasteiger partial charge < -0.3 is 11.1 Å². The molecule has 0 aliphatic carbocycles. The number of pyridine rings is 1. The van der Waals surface area contributed by atoms with Crippen molar-refractivity contribution < 1.29 is 14.0 Å². The maximum Gasteiger partial charge on any atom is 0.252 e. The standard InChI is InChI=1S/C23H22FN5O2S/c1-13-20-17(11-18(19-4-3-9-32-19)27-22(20)29(2)28-13)23(31)26-12-15(21(25)30)10-14-5-7-16(24)8-6-14/h3-9,11,15H,10,12H2,1-2H3,(H2,25,30)(H,26,31). The number of hydrogen-bond acceptors (Lipinski definition) is 5. The third-order valence-corrected chi connectivity index (χ3v) is 6.19. The van der Waals surface area contributed by atoms with Gasteiger partial charge >= 0.3 is 0 Å². The van der Waals surface area contributed by atoms with Gasteiger partial charge in [-0.15, -0.1) is 11.3 Å². The van der Waals surface area contributed by atoms with E-state index in [0.29, 0.717) is 34.4 Å². The van der Waals surface area contributed by atoms with Gasteiger partial charge in [-0.3, -0.25) is 14.3 Å². The van der Waals surface area contributed by atoms with Gasteiger partial charge in [-0.05, 0) is 48.6 Å². The Morgan fingerprint density at radius 1 is 1.25 bits per heavy atom. The van der Waals surface area contributed by atoms with E-state index in [9.17, 15) is 14.0 Å². The fourth-order valence-electron chi connectivity index (χ4n) is 3.66. The zero-order valence-corrected chi connectivity index (χ0v) is 18.4. The van der Waals surface area contributed by atoms with Crippen molar-refractivity contribution in [3.8, 4) is 10.6 Å². The van der Waals surface area contributed by atoms with Crippen molar-refractivity contribution >= 4 is 34.2 Å². The molecule has 0 spiro atoms. The van der Waals surface area contributed by atoms with Crippen LogP contribution < -0.4 is 11.1 Å². The summed E-state index contributed by atoms with van der Waals surface area (Å²) in [6, 6.07) is 11.5. The van der Waals surface area contributed by atoms with Gasteiger partial charge in [-0.2, -0.15) is 5.10 Å². The van der Waals surface area contributed by atoms with Gasteiger partial charge in [-0.1, -0.05) is 18.2 Å². The summed E-state index contributed by atoms with van der Waals surface area (Å²) in [5.41, 5.74) is 8.74. The number of nitrogens with two attached hydrogens (primary N) is 1. The number of halogens is 1. The minimum atomic E-state index is -0.631. The first-order valence-corrected chi connectivity index (χ1v) is 10.9. The third-order valence-electron chi connectivity index (χ3n) is 5.29. The molecular weight excluding hydrogens is 429 g/mol. The summed E-state index contributed by atoms with van der Waals surface area (Å²) in [5.74, 6) is -1.86. The molecule has 7 nitrogen and oxygen atoms in total. The van der Waals surface area contributed by atoms with E-state index < -0.39 is 11.8 Å². The first kappa shape index (κ1) is 21.6. The van der Waals surface area contributed by atoms with Gasteiger partial charge in [0, 0.05) is 13.6 Å². The molecular formula is C23H22FN5O2S. The summed E-state index contributed by atoms with van der Waals surface area (Å²) in [7, 11) is 1.79. The van der Waals surface area contributed by atoms with Crippen LogP contribution in [0.25, 0.3) is 21.6 Å². The number of benzene rings is 1. The average Bonchev–Trinajstić information content (AvgIpc) is 3.40. The van der Waals surface area contributed by atoms with E-state index in [1.807, 2.05) is 24.4 Å². The average molecular weight is 452 g/mol. The minimum absolute atomic E-state index is 0.0585. The molecule has 1 aromatic carbocycles. The SMILES string of the molecule is Cc1nn(C)c2nc(-c3cccs3)cc(C(=O)NCC(Cc3ccc(F)cc3)C(N)=O)c12. The monoisotopic (exact) mass is 451 g/mol. The van der Waals surface area contributed by atoms with Crippen LogP contribution in [0.1, 0.15) is 21.6 Å². The number of amides is 2. The molecule has 0 aliphatic heterocycles. The molecule has 0 aliphatic rings. The number of fused-ring (bicyclic) bond motifs is 1. The molecule has 0 saturated heterocycles. The summed E-state index contributed by atoms with van der Waals surface area (Å²) in [4.78, 5) is 30.8. The van der Waals surface area contributed by atoms with E-state index in [1.54, 1.807) is 29.9 Å². The van der Waals surface area contributed by atoms with Crippen molar-refractivity contribution in [1.82, 2.24) is 20.1 Å². The van der Waals surface area contributed by atoms with Crippen molar-refractivity contribution in [2.24, 2.45) is 18.7 Å². The van der Waals surface area contributed by atoms with Gasteiger partial charge in [0.15, 0.2) is 5.65 Å². The number of aryl methyl sites for hydroxylation is 2. The summed E-state index contributed by atoms with van der Waals surface area (Å²) in [6.45, 7) is 1.88. The van der Waals surface area contributed by atoms with Gasteiger partial charge in [0.05, 0.1) is 33.1 Å². The molecule has 164 valence electrons. The second-order valence-electron chi connectivity index (χ2n) is 7.58. The number of hydrogen-bond donors (Lipinski definition) is 2. The molecule has 3 aromatic heterocycles. The van der Waals surface area contributed by atoms with Crippen LogP contribution in [0.5, 0.6) is 0 Å². The van der Waals surface area contributed by atoms with Crippen molar-refractivity contribution in [3.63, 3.8) is 0 Å². The van der Waals surface area contributed by atoms with Gasteiger partial charge in [-0.25, -0.2) is 9.37 Å². The van der Waals surface area contributed by atoms with Crippen LogP contribution in [0.3, 0.4) is 0 Å². The molecule has 0 fully saturated rings. The zero-order valence-electron chi connectivity index (χ0n) is 17.6. The molecule has 9 heteroatoms. The molecule has 4 rings (SSSR count). The molecule has 2 amide bonds. The van der Waals surface area contributed by atoms with Gasteiger partial charge in [0.1, 0.15) is 5.82 Å². The summed E-state index contributed by atoms with van der Waals surface area (Å²) in [6.07, 6.45) is 0.300. The molecule has 3 heterocycles. The largest absolute Gasteiger partial charge is 0.369 e. The maximum absolute atomic E-state index is 13.2. The highest BCUT2D eigenvalue weighted by molar-refractivity contribution is 7.13. The van der Waals surface area contributed by atoms with E-state index in [0.717, 1.165) is 10.4 Å². The highest BCUT2D eigenvalue weighted by atomic mass is 32.1. The number of thiophene rings is 1. The number of nitrogens with zero attached hydrogens (tertiary/aromatic N) is 3. The van der Waals surface area contributed by atoms with Crippen molar-refractivity contribution in [2.45, 2.75) is 13.3 Å². The predicted octanol–water partition coefficient (Wildman–Crippen LogP) is 3.22. The Hall–Kier alpha value is -3.59. The second-order valence-corrected chi connectivity index (χ2v) is 8.53. The fraction of sp³-hybridized carbons (Fsp3) is 0.217. The quantitative estimate of drug-likeness (QED) is 0.450. The van der Waals surface area contributed by atoms with E-state index in [1.165, 1.54) is 23.5 Å². The summed E-state index contributed by atoms with van der Waals surface area (Å²) in [5, 5.41) is 9.87. The number of nitrogens with one attached hydrogen (secondary N) is 1. The van der Waals surface area contributed by atoms with Crippen LogP contribution in [0.2, 0.25) is 0 Å².